The SMILES string of the molecule is O=C(CCSCc1ccc(CO)cc1)Nc1ccccc1F. The standard InChI is InChI=1S/C17H18FNO2S/c18-15-3-1-2-4-16(15)19-17(21)9-10-22-12-14-7-5-13(11-20)6-8-14/h1-8,20H,9-12H2,(H,19,21). The quantitative estimate of drug-likeness (QED) is 0.767. The van der Waals surface area contributed by atoms with Gasteiger partial charge in [0.05, 0.1) is 12.3 Å². The van der Waals surface area contributed by atoms with E-state index in [1.165, 1.54) is 6.07 Å². The van der Waals surface area contributed by atoms with Gasteiger partial charge in [0.1, 0.15) is 5.82 Å². The lowest BCUT2D eigenvalue weighted by Crippen LogP contribution is -2.13. The van der Waals surface area contributed by atoms with E-state index >= 15 is 0 Å². The van der Waals surface area contributed by atoms with E-state index in [1.807, 2.05) is 24.3 Å². The van der Waals surface area contributed by atoms with Gasteiger partial charge in [0.2, 0.25) is 5.91 Å². The highest BCUT2D eigenvalue weighted by atomic mass is 32.2. The van der Waals surface area contributed by atoms with Crippen molar-refractivity contribution in [1.29, 1.82) is 0 Å². The summed E-state index contributed by atoms with van der Waals surface area (Å²) in [5, 5.41) is 11.5. The Kier molecular flexibility index (Phi) is 6.43. The number of hydrogen-bond acceptors (Lipinski definition) is 3. The zero-order valence-corrected chi connectivity index (χ0v) is 12.9. The van der Waals surface area contributed by atoms with E-state index in [4.69, 9.17) is 5.11 Å². The predicted molar refractivity (Wildman–Crippen MR) is 88.2 cm³/mol. The molecule has 0 saturated carbocycles. The van der Waals surface area contributed by atoms with Crippen LogP contribution in [0, 0.1) is 5.82 Å². The van der Waals surface area contributed by atoms with Gasteiger partial charge in [-0.3, -0.25) is 4.79 Å². The summed E-state index contributed by atoms with van der Waals surface area (Å²) in [6.07, 6.45) is 0.341. The molecule has 0 saturated heterocycles. The average Bonchev–Trinajstić information content (AvgIpc) is 2.54. The first kappa shape index (κ1) is 16.5. The summed E-state index contributed by atoms with van der Waals surface area (Å²) in [6.45, 7) is 0.0453. The number of nitrogens with one attached hydrogen (secondary N) is 1. The molecule has 0 fully saturated rings. The van der Waals surface area contributed by atoms with Crippen LogP contribution in [0.4, 0.5) is 10.1 Å². The number of rotatable bonds is 7. The Morgan fingerprint density at radius 3 is 2.45 bits per heavy atom. The Labute approximate surface area is 133 Å². The molecule has 0 aliphatic rings. The van der Waals surface area contributed by atoms with Gasteiger partial charge >= 0.3 is 0 Å². The molecule has 0 heterocycles. The third-order valence-electron chi connectivity index (χ3n) is 3.10. The van der Waals surface area contributed by atoms with Gasteiger partial charge in [0, 0.05) is 17.9 Å². The number of anilines is 1. The Balaban J connectivity index is 1.69. The molecule has 0 spiro atoms. The first-order chi connectivity index (χ1) is 10.7. The first-order valence-electron chi connectivity index (χ1n) is 7.00. The fraction of sp³-hybridized carbons (Fsp3) is 0.235. The molecular weight excluding hydrogens is 301 g/mol. The molecule has 22 heavy (non-hydrogen) atoms. The number of carbonyl (C=O) groups excluding carboxylic acids is 1. The zero-order valence-electron chi connectivity index (χ0n) is 12.1. The van der Waals surface area contributed by atoms with Crippen LogP contribution in [0.25, 0.3) is 0 Å². The van der Waals surface area contributed by atoms with Gasteiger partial charge in [0.15, 0.2) is 0 Å². The number of aliphatic hydroxyl groups is 1. The highest BCUT2D eigenvalue weighted by Crippen LogP contribution is 2.16. The number of benzene rings is 2. The highest BCUT2D eigenvalue weighted by molar-refractivity contribution is 7.98. The summed E-state index contributed by atoms with van der Waals surface area (Å²) in [5.74, 6) is 0.862. The van der Waals surface area contributed by atoms with Crippen LogP contribution >= 0.6 is 11.8 Å². The van der Waals surface area contributed by atoms with Crippen molar-refractivity contribution in [3.05, 3.63) is 65.5 Å². The smallest absolute Gasteiger partial charge is 0.225 e. The van der Waals surface area contributed by atoms with Crippen molar-refractivity contribution in [1.82, 2.24) is 0 Å². The summed E-state index contributed by atoms with van der Waals surface area (Å²) in [5.41, 5.74) is 2.26. The summed E-state index contributed by atoms with van der Waals surface area (Å²) in [4.78, 5) is 11.7. The largest absolute Gasteiger partial charge is 0.392 e. The van der Waals surface area contributed by atoms with E-state index in [9.17, 15) is 9.18 Å². The molecule has 0 aliphatic heterocycles. The molecule has 2 rings (SSSR count). The molecule has 1 amide bonds. The highest BCUT2D eigenvalue weighted by Gasteiger charge is 2.06. The van der Waals surface area contributed by atoms with Crippen molar-refractivity contribution < 1.29 is 14.3 Å². The maximum atomic E-state index is 13.4. The van der Waals surface area contributed by atoms with Crippen molar-refractivity contribution in [2.75, 3.05) is 11.1 Å². The number of carbonyl (C=O) groups is 1. The Bertz CT molecular complexity index is 616. The summed E-state index contributed by atoms with van der Waals surface area (Å²) in [6, 6.07) is 13.9. The molecule has 2 N–H and O–H groups in total. The summed E-state index contributed by atoms with van der Waals surface area (Å²) < 4.78 is 13.4. The summed E-state index contributed by atoms with van der Waals surface area (Å²) in [7, 11) is 0. The van der Waals surface area contributed by atoms with Crippen LogP contribution in [-0.2, 0) is 17.2 Å². The molecule has 5 heteroatoms. The monoisotopic (exact) mass is 319 g/mol. The first-order valence-corrected chi connectivity index (χ1v) is 8.15. The van der Waals surface area contributed by atoms with Crippen LogP contribution in [0.15, 0.2) is 48.5 Å². The van der Waals surface area contributed by atoms with Crippen LogP contribution in [-0.4, -0.2) is 16.8 Å². The van der Waals surface area contributed by atoms with Gasteiger partial charge in [-0.15, -0.1) is 0 Å². The Morgan fingerprint density at radius 2 is 1.77 bits per heavy atom. The van der Waals surface area contributed by atoms with Gasteiger partial charge in [-0.1, -0.05) is 36.4 Å². The van der Waals surface area contributed by atoms with Gasteiger partial charge in [-0.25, -0.2) is 4.39 Å². The second-order valence-corrected chi connectivity index (χ2v) is 5.91. The van der Waals surface area contributed by atoms with Crippen molar-refractivity contribution in [3.8, 4) is 0 Å². The predicted octanol–water partition coefficient (Wildman–Crippen LogP) is 3.58. The van der Waals surface area contributed by atoms with Crippen LogP contribution in [0.3, 0.4) is 0 Å². The number of amides is 1. The van der Waals surface area contributed by atoms with Gasteiger partial charge in [-0.2, -0.15) is 11.8 Å². The second kappa shape index (κ2) is 8.56. The lowest BCUT2D eigenvalue weighted by atomic mass is 10.2. The van der Waals surface area contributed by atoms with Crippen molar-refractivity contribution >= 4 is 23.4 Å². The Morgan fingerprint density at radius 1 is 1.09 bits per heavy atom. The number of halogens is 1. The lowest BCUT2D eigenvalue weighted by molar-refractivity contribution is -0.115. The van der Waals surface area contributed by atoms with Crippen LogP contribution in [0.5, 0.6) is 0 Å². The molecule has 0 aliphatic carbocycles. The van der Waals surface area contributed by atoms with Crippen molar-refractivity contribution in [3.63, 3.8) is 0 Å². The number of hydrogen-bond donors (Lipinski definition) is 2. The summed E-state index contributed by atoms with van der Waals surface area (Å²) >= 11 is 1.65. The second-order valence-electron chi connectivity index (χ2n) is 4.81. The maximum Gasteiger partial charge on any atom is 0.225 e. The topological polar surface area (TPSA) is 49.3 Å². The third kappa shape index (κ3) is 5.16. The molecule has 0 atom stereocenters. The van der Waals surface area contributed by atoms with E-state index in [0.29, 0.717) is 12.2 Å². The molecule has 0 unspecified atom stereocenters. The van der Waals surface area contributed by atoms with E-state index < -0.39 is 5.82 Å². The fourth-order valence-corrected chi connectivity index (χ4v) is 2.77. The number of aliphatic hydroxyl groups excluding tert-OH is 1. The zero-order chi connectivity index (χ0) is 15.8. The van der Waals surface area contributed by atoms with Crippen LogP contribution in [0.2, 0.25) is 0 Å². The number of thioether (sulfide) groups is 1. The van der Waals surface area contributed by atoms with Gasteiger partial charge in [0.25, 0.3) is 0 Å². The van der Waals surface area contributed by atoms with Crippen LogP contribution in [0.1, 0.15) is 17.5 Å². The molecule has 2 aromatic carbocycles. The lowest BCUT2D eigenvalue weighted by Gasteiger charge is -2.06. The molecular formula is C17H18FNO2S. The minimum Gasteiger partial charge on any atom is -0.392 e. The minimum absolute atomic E-state index is 0.0453. The normalized spacial score (nSPS) is 10.5. The van der Waals surface area contributed by atoms with Gasteiger partial charge < -0.3 is 10.4 Å². The molecule has 116 valence electrons. The Hall–Kier alpha value is -1.85. The van der Waals surface area contributed by atoms with E-state index in [1.54, 1.807) is 30.0 Å². The number of para-hydroxylation sites is 1. The van der Waals surface area contributed by atoms with E-state index in [-0.39, 0.29) is 18.2 Å². The molecule has 2 aromatic rings. The van der Waals surface area contributed by atoms with Crippen LogP contribution < -0.4 is 5.32 Å². The third-order valence-corrected chi connectivity index (χ3v) is 4.13. The van der Waals surface area contributed by atoms with Gasteiger partial charge in [-0.05, 0) is 23.3 Å². The molecule has 3 nitrogen and oxygen atoms in total. The van der Waals surface area contributed by atoms with Crippen molar-refractivity contribution in [2.45, 2.75) is 18.8 Å². The van der Waals surface area contributed by atoms with E-state index in [0.717, 1.165) is 16.9 Å². The maximum absolute atomic E-state index is 13.4. The van der Waals surface area contributed by atoms with E-state index in [2.05, 4.69) is 5.32 Å². The van der Waals surface area contributed by atoms with Crippen molar-refractivity contribution in [2.24, 2.45) is 0 Å². The molecule has 0 aromatic heterocycles. The minimum atomic E-state index is -0.424. The molecule has 0 radical (unpaired) electrons. The molecule has 0 bridgehead atoms. The average molecular weight is 319 g/mol. The fourth-order valence-electron chi connectivity index (χ4n) is 1.87.